The second-order valence-corrected chi connectivity index (χ2v) is 8.69. The number of carbonyl (C=O) groups excluding carboxylic acids is 1. The van der Waals surface area contributed by atoms with Crippen molar-refractivity contribution in [3.63, 3.8) is 0 Å². The molecule has 8 heteroatoms. The summed E-state index contributed by atoms with van der Waals surface area (Å²) in [4.78, 5) is 12.0. The zero-order valence-electron chi connectivity index (χ0n) is 12.8. The van der Waals surface area contributed by atoms with Crippen LogP contribution in [0.15, 0.2) is 0 Å². The maximum absolute atomic E-state index is 12.0. The van der Waals surface area contributed by atoms with Crippen molar-refractivity contribution in [2.24, 2.45) is 5.92 Å². The minimum absolute atomic E-state index is 0. The molecule has 3 aliphatic rings. The Bertz CT molecular complexity index is 488. The first-order valence-electron chi connectivity index (χ1n) is 8.03. The van der Waals surface area contributed by atoms with E-state index >= 15 is 0 Å². The third-order valence-electron chi connectivity index (χ3n) is 4.93. The topological polar surface area (TPSA) is 78.5 Å². The highest BCUT2D eigenvalue weighted by Crippen LogP contribution is 2.32. The van der Waals surface area contributed by atoms with Crippen LogP contribution in [-0.2, 0) is 14.8 Å². The molecular formula is C14H26ClN3O3S. The van der Waals surface area contributed by atoms with Crippen LogP contribution < -0.4 is 10.6 Å². The van der Waals surface area contributed by atoms with Crippen molar-refractivity contribution in [3.8, 4) is 0 Å². The number of nitrogens with one attached hydrogen (secondary N) is 2. The zero-order valence-corrected chi connectivity index (χ0v) is 14.4. The summed E-state index contributed by atoms with van der Waals surface area (Å²) in [5.74, 6) is 0.802. The van der Waals surface area contributed by atoms with E-state index in [0.717, 1.165) is 12.8 Å². The Morgan fingerprint density at radius 3 is 2.50 bits per heavy atom. The fourth-order valence-electron chi connectivity index (χ4n) is 3.94. The SMILES string of the molecule is Cl.O=C(CC1CC2CCC(C1)N2)NCCN1CCCS1(=O)=O. The highest BCUT2D eigenvalue weighted by atomic mass is 35.5. The average Bonchev–Trinajstić information content (AvgIpc) is 2.92. The first-order valence-corrected chi connectivity index (χ1v) is 9.64. The maximum Gasteiger partial charge on any atom is 0.220 e. The first kappa shape index (κ1) is 18.0. The molecule has 0 aliphatic carbocycles. The largest absolute Gasteiger partial charge is 0.355 e. The molecule has 0 aromatic carbocycles. The van der Waals surface area contributed by atoms with Crippen LogP contribution in [-0.4, -0.2) is 56.1 Å². The van der Waals surface area contributed by atoms with E-state index in [0.29, 0.717) is 50.5 Å². The van der Waals surface area contributed by atoms with E-state index in [1.807, 2.05) is 0 Å². The maximum atomic E-state index is 12.0. The lowest BCUT2D eigenvalue weighted by molar-refractivity contribution is -0.122. The summed E-state index contributed by atoms with van der Waals surface area (Å²) in [5.41, 5.74) is 0. The number of halogens is 1. The standard InChI is InChI=1S/C14H25N3O3S.ClH/c18-14(10-11-8-12-2-3-13(9-11)16-12)15-4-6-17-5-1-7-21(17,19)20;/h11-13,16H,1-10H2,(H,15,18);1H. The van der Waals surface area contributed by atoms with Gasteiger partial charge >= 0.3 is 0 Å². The summed E-state index contributed by atoms with van der Waals surface area (Å²) in [6.07, 6.45) is 5.98. The number of amides is 1. The number of fused-ring (bicyclic) bond motifs is 2. The summed E-state index contributed by atoms with van der Waals surface area (Å²) in [6.45, 7) is 1.43. The molecular weight excluding hydrogens is 326 g/mol. The van der Waals surface area contributed by atoms with Crippen molar-refractivity contribution in [2.45, 2.75) is 50.6 Å². The minimum atomic E-state index is -3.04. The highest BCUT2D eigenvalue weighted by Gasteiger charge is 2.34. The van der Waals surface area contributed by atoms with E-state index in [4.69, 9.17) is 0 Å². The summed E-state index contributed by atoms with van der Waals surface area (Å²) in [5, 5.41) is 6.46. The van der Waals surface area contributed by atoms with Gasteiger partial charge in [-0.3, -0.25) is 4.79 Å². The summed E-state index contributed by atoms with van der Waals surface area (Å²) >= 11 is 0. The monoisotopic (exact) mass is 351 g/mol. The van der Waals surface area contributed by atoms with Crippen LogP contribution in [0.2, 0.25) is 0 Å². The number of piperidine rings is 1. The molecule has 2 bridgehead atoms. The third-order valence-corrected chi connectivity index (χ3v) is 6.89. The smallest absolute Gasteiger partial charge is 0.220 e. The van der Waals surface area contributed by atoms with Crippen LogP contribution in [0.5, 0.6) is 0 Å². The molecule has 22 heavy (non-hydrogen) atoms. The van der Waals surface area contributed by atoms with Crippen molar-refractivity contribution in [1.29, 1.82) is 0 Å². The van der Waals surface area contributed by atoms with Crippen LogP contribution in [0, 0.1) is 5.92 Å². The molecule has 2 atom stereocenters. The fourth-order valence-corrected chi connectivity index (χ4v) is 5.47. The Morgan fingerprint density at radius 1 is 1.23 bits per heavy atom. The van der Waals surface area contributed by atoms with Gasteiger partial charge in [0.1, 0.15) is 0 Å². The number of nitrogens with zero attached hydrogens (tertiary/aromatic N) is 1. The number of carbonyl (C=O) groups is 1. The molecule has 1 amide bonds. The molecule has 3 fully saturated rings. The Kier molecular flexibility index (Phi) is 6.10. The molecule has 3 saturated heterocycles. The predicted molar refractivity (Wildman–Crippen MR) is 87.5 cm³/mol. The number of rotatable bonds is 5. The normalized spacial score (nSPS) is 33.4. The number of hydrogen-bond acceptors (Lipinski definition) is 4. The van der Waals surface area contributed by atoms with Gasteiger partial charge in [-0.2, -0.15) is 0 Å². The van der Waals surface area contributed by atoms with Crippen LogP contribution in [0.1, 0.15) is 38.5 Å². The summed E-state index contributed by atoms with van der Waals surface area (Å²) in [6, 6.07) is 1.22. The molecule has 0 radical (unpaired) electrons. The molecule has 3 heterocycles. The third kappa shape index (κ3) is 4.34. The van der Waals surface area contributed by atoms with E-state index in [1.165, 1.54) is 17.1 Å². The van der Waals surface area contributed by atoms with Gasteiger partial charge in [0.25, 0.3) is 0 Å². The Morgan fingerprint density at radius 2 is 1.91 bits per heavy atom. The summed E-state index contributed by atoms with van der Waals surface area (Å²) in [7, 11) is -3.04. The van der Waals surface area contributed by atoms with Gasteiger partial charge in [-0.1, -0.05) is 0 Å². The van der Waals surface area contributed by atoms with Crippen LogP contribution in [0.3, 0.4) is 0 Å². The molecule has 6 nitrogen and oxygen atoms in total. The predicted octanol–water partition coefficient (Wildman–Crippen LogP) is 0.481. The van der Waals surface area contributed by atoms with E-state index in [-0.39, 0.29) is 24.1 Å². The van der Waals surface area contributed by atoms with Gasteiger partial charge in [-0.05, 0) is 38.0 Å². The van der Waals surface area contributed by atoms with Crippen molar-refractivity contribution in [2.75, 3.05) is 25.4 Å². The molecule has 3 aliphatic heterocycles. The molecule has 2 N–H and O–H groups in total. The van der Waals surface area contributed by atoms with E-state index < -0.39 is 10.0 Å². The van der Waals surface area contributed by atoms with E-state index in [2.05, 4.69) is 10.6 Å². The lowest BCUT2D eigenvalue weighted by atomic mass is 9.89. The van der Waals surface area contributed by atoms with Crippen LogP contribution in [0.25, 0.3) is 0 Å². The van der Waals surface area contributed by atoms with E-state index in [1.54, 1.807) is 0 Å². The molecule has 0 spiro atoms. The quantitative estimate of drug-likeness (QED) is 0.755. The minimum Gasteiger partial charge on any atom is -0.355 e. The molecule has 128 valence electrons. The van der Waals surface area contributed by atoms with Gasteiger partial charge in [0, 0.05) is 38.1 Å². The van der Waals surface area contributed by atoms with Crippen LogP contribution >= 0.6 is 12.4 Å². The van der Waals surface area contributed by atoms with E-state index in [9.17, 15) is 13.2 Å². The molecule has 0 saturated carbocycles. The second-order valence-electron chi connectivity index (χ2n) is 6.60. The van der Waals surface area contributed by atoms with Crippen LogP contribution in [0.4, 0.5) is 0 Å². The Balaban J connectivity index is 0.00000176. The van der Waals surface area contributed by atoms with Gasteiger partial charge in [-0.15, -0.1) is 12.4 Å². The zero-order chi connectivity index (χ0) is 14.9. The average molecular weight is 352 g/mol. The first-order chi connectivity index (χ1) is 10.0. The molecule has 0 aromatic rings. The lowest BCUT2D eigenvalue weighted by Gasteiger charge is -2.28. The second kappa shape index (κ2) is 7.47. The van der Waals surface area contributed by atoms with Crippen molar-refractivity contribution < 1.29 is 13.2 Å². The summed E-state index contributed by atoms with van der Waals surface area (Å²) < 4.78 is 24.8. The number of sulfonamides is 1. The lowest BCUT2D eigenvalue weighted by Crippen LogP contribution is -2.40. The Labute approximate surface area is 138 Å². The van der Waals surface area contributed by atoms with Gasteiger partial charge in [0.05, 0.1) is 5.75 Å². The highest BCUT2D eigenvalue weighted by molar-refractivity contribution is 7.89. The molecule has 2 unspecified atom stereocenters. The molecule has 0 aromatic heterocycles. The van der Waals surface area contributed by atoms with Crippen molar-refractivity contribution in [3.05, 3.63) is 0 Å². The van der Waals surface area contributed by atoms with Gasteiger partial charge < -0.3 is 10.6 Å². The van der Waals surface area contributed by atoms with Gasteiger partial charge in [0.15, 0.2) is 0 Å². The fraction of sp³-hybridized carbons (Fsp3) is 0.929. The van der Waals surface area contributed by atoms with Crippen molar-refractivity contribution in [1.82, 2.24) is 14.9 Å². The van der Waals surface area contributed by atoms with Gasteiger partial charge in [-0.25, -0.2) is 12.7 Å². The van der Waals surface area contributed by atoms with Crippen molar-refractivity contribution >= 4 is 28.3 Å². The van der Waals surface area contributed by atoms with Gasteiger partial charge in [0.2, 0.25) is 15.9 Å². The Hall–Kier alpha value is -0.370. The molecule has 3 rings (SSSR count). The number of hydrogen-bond donors (Lipinski definition) is 2.